The summed E-state index contributed by atoms with van der Waals surface area (Å²) in [6, 6.07) is 7.69. The molecule has 1 amide bonds. The lowest BCUT2D eigenvalue weighted by Gasteiger charge is -2.14. The van der Waals surface area contributed by atoms with Crippen molar-refractivity contribution in [3.05, 3.63) is 29.8 Å². The molecule has 0 aliphatic rings. The summed E-state index contributed by atoms with van der Waals surface area (Å²) in [5.74, 6) is 0.767. The Kier molecular flexibility index (Phi) is 4.79. The smallest absolute Gasteiger partial charge is 0.246 e. The predicted octanol–water partition coefficient (Wildman–Crippen LogP) is 1.65. The molecule has 88 valence electrons. The number of para-hydroxylation sites is 1. The van der Waals surface area contributed by atoms with Crippen LogP contribution in [0.15, 0.2) is 24.3 Å². The van der Waals surface area contributed by atoms with E-state index in [-0.39, 0.29) is 5.91 Å². The molecule has 0 bridgehead atoms. The molecule has 1 aromatic carbocycles. The molecule has 0 fully saturated rings. The van der Waals surface area contributed by atoms with Crippen molar-refractivity contribution in [1.82, 2.24) is 5.06 Å². The Morgan fingerprint density at radius 3 is 2.62 bits per heavy atom. The summed E-state index contributed by atoms with van der Waals surface area (Å²) < 4.78 is 5.21. The average molecular weight is 223 g/mol. The second-order valence-electron chi connectivity index (χ2n) is 3.39. The van der Waals surface area contributed by atoms with Gasteiger partial charge >= 0.3 is 0 Å². The Morgan fingerprint density at radius 2 is 2.00 bits per heavy atom. The fraction of sp³-hybridized carbons (Fsp3) is 0.417. The minimum absolute atomic E-state index is 0.0478. The van der Waals surface area contributed by atoms with Gasteiger partial charge in [0.2, 0.25) is 5.91 Å². The molecule has 0 spiro atoms. The minimum Gasteiger partial charge on any atom is -0.496 e. The van der Waals surface area contributed by atoms with Crippen LogP contribution in [-0.4, -0.2) is 32.2 Å². The van der Waals surface area contributed by atoms with Gasteiger partial charge in [-0.2, -0.15) is 0 Å². The number of aryl methyl sites for hydroxylation is 1. The van der Waals surface area contributed by atoms with Gasteiger partial charge in [-0.15, -0.1) is 0 Å². The van der Waals surface area contributed by atoms with Gasteiger partial charge in [-0.3, -0.25) is 9.63 Å². The fourth-order valence-electron chi connectivity index (χ4n) is 1.41. The summed E-state index contributed by atoms with van der Waals surface area (Å²) >= 11 is 0. The van der Waals surface area contributed by atoms with Crippen LogP contribution < -0.4 is 4.74 Å². The van der Waals surface area contributed by atoms with Crippen LogP contribution >= 0.6 is 0 Å². The van der Waals surface area contributed by atoms with Crippen molar-refractivity contribution < 1.29 is 14.4 Å². The molecular weight excluding hydrogens is 206 g/mol. The molecule has 0 saturated carbocycles. The molecule has 0 atom stereocenters. The fourth-order valence-corrected chi connectivity index (χ4v) is 1.41. The second kappa shape index (κ2) is 6.12. The van der Waals surface area contributed by atoms with Crippen LogP contribution in [0.1, 0.15) is 12.0 Å². The quantitative estimate of drug-likeness (QED) is 0.712. The van der Waals surface area contributed by atoms with E-state index in [2.05, 4.69) is 0 Å². The first-order valence-corrected chi connectivity index (χ1v) is 5.11. The first-order chi connectivity index (χ1) is 7.69. The third kappa shape index (κ3) is 3.24. The average Bonchev–Trinajstić information content (AvgIpc) is 2.35. The van der Waals surface area contributed by atoms with E-state index in [0.717, 1.165) is 11.3 Å². The highest BCUT2D eigenvalue weighted by atomic mass is 16.7. The normalized spacial score (nSPS) is 9.94. The van der Waals surface area contributed by atoms with E-state index in [9.17, 15) is 4.79 Å². The van der Waals surface area contributed by atoms with E-state index in [1.165, 1.54) is 12.2 Å². The predicted molar refractivity (Wildman–Crippen MR) is 61.1 cm³/mol. The number of benzene rings is 1. The van der Waals surface area contributed by atoms with Gasteiger partial charge in [-0.1, -0.05) is 18.2 Å². The number of carbonyl (C=O) groups is 1. The van der Waals surface area contributed by atoms with Crippen LogP contribution in [-0.2, 0) is 16.1 Å². The SMILES string of the molecule is COc1ccccc1CCC(=O)N(C)OC. The van der Waals surface area contributed by atoms with E-state index in [1.54, 1.807) is 14.2 Å². The van der Waals surface area contributed by atoms with Gasteiger partial charge in [0, 0.05) is 13.5 Å². The van der Waals surface area contributed by atoms with Crippen molar-refractivity contribution >= 4 is 5.91 Å². The molecule has 16 heavy (non-hydrogen) atoms. The lowest BCUT2D eigenvalue weighted by molar-refractivity contribution is -0.168. The van der Waals surface area contributed by atoms with Crippen LogP contribution in [0.4, 0.5) is 0 Å². The van der Waals surface area contributed by atoms with Crippen molar-refractivity contribution in [2.75, 3.05) is 21.3 Å². The molecule has 0 aliphatic heterocycles. The van der Waals surface area contributed by atoms with Crippen molar-refractivity contribution in [2.24, 2.45) is 0 Å². The lowest BCUT2D eigenvalue weighted by atomic mass is 10.1. The van der Waals surface area contributed by atoms with Crippen molar-refractivity contribution in [1.29, 1.82) is 0 Å². The van der Waals surface area contributed by atoms with Gasteiger partial charge in [0.1, 0.15) is 5.75 Å². The maximum absolute atomic E-state index is 11.5. The van der Waals surface area contributed by atoms with Crippen LogP contribution in [0.5, 0.6) is 5.75 Å². The first-order valence-electron chi connectivity index (χ1n) is 5.11. The van der Waals surface area contributed by atoms with E-state index in [1.807, 2.05) is 24.3 Å². The number of hydrogen-bond donors (Lipinski definition) is 0. The largest absolute Gasteiger partial charge is 0.496 e. The first kappa shape index (κ1) is 12.5. The highest BCUT2D eigenvalue weighted by Gasteiger charge is 2.09. The summed E-state index contributed by atoms with van der Waals surface area (Å²) in [7, 11) is 4.70. The number of nitrogens with zero attached hydrogens (tertiary/aromatic N) is 1. The van der Waals surface area contributed by atoms with Gasteiger partial charge in [0.15, 0.2) is 0 Å². The summed E-state index contributed by atoms with van der Waals surface area (Å²) in [6.07, 6.45) is 1.06. The Labute approximate surface area is 95.7 Å². The van der Waals surface area contributed by atoms with Crippen LogP contribution in [0.3, 0.4) is 0 Å². The van der Waals surface area contributed by atoms with Crippen molar-refractivity contribution in [3.63, 3.8) is 0 Å². The number of hydrogen-bond acceptors (Lipinski definition) is 3. The zero-order chi connectivity index (χ0) is 12.0. The number of carbonyl (C=O) groups excluding carboxylic acids is 1. The highest BCUT2D eigenvalue weighted by Crippen LogP contribution is 2.18. The molecule has 1 aromatic rings. The van der Waals surface area contributed by atoms with Gasteiger partial charge in [-0.05, 0) is 18.1 Å². The zero-order valence-electron chi connectivity index (χ0n) is 9.90. The Hall–Kier alpha value is -1.55. The zero-order valence-corrected chi connectivity index (χ0v) is 9.90. The standard InChI is InChI=1S/C12H17NO3/c1-13(16-3)12(14)9-8-10-6-4-5-7-11(10)15-2/h4-7H,8-9H2,1-3H3. The molecule has 0 saturated heterocycles. The van der Waals surface area contributed by atoms with Gasteiger partial charge in [0.05, 0.1) is 14.2 Å². The molecule has 4 heteroatoms. The topological polar surface area (TPSA) is 38.8 Å². The van der Waals surface area contributed by atoms with Crippen LogP contribution in [0.2, 0.25) is 0 Å². The van der Waals surface area contributed by atoms with E-state index in [0.29, 0.717) is 12.8 Å². The summed E-state index contributed by atoms with van der Waals surface area (Å²) in [5.41, 5.74) is 1.03. The molecule has 1 rings (SSSR count). The monoisotopic (exact) mass is 223 g/mol. The molecule has 4 nitrogen and oxygen atoms in total. The Morgan fingerprint density at radius 1 is 1.31 bits per heavy atom. The summed E-state index contributed by atoms with van der Waals surface area (Å²) in [5, 5.41) is 1.23. The second-order valence-corrected chi connectivity index (χ2v) is 3.39. The van der Waals surface area contributed by atoms with E-state index >= 15 is 0 Å². The molecule has 0 aromatic heterocycles. The van der Waals surface area contributed by atoms with E-state index < -0.39 is 0 Å². The molecule has 0 radical (unpaired) electrons. The maximum Gasteiger partial charge on any atom is 0.246 e. The van der Waals surface area contributed by atoms with Crippen molar-refractivity contribution in [3.8, 4) is 5.75 Å². The number of methoxy groups -OCH3 is 1. The number of hydroxylamine groups is 2. The molecule has 0 aliphatic carbocycles. The van der Waals surface area contributed by atoms with Gasteiger partial charge < -0.3 is 4.74 Å². The minimum atomic E-state index is -0.0478. The Balaban J connectivity index is 2.57. The number of ether oxygens (including phenoxy) is 1. The van der Waals surface area contributed by atoms with Gasteiger partial charge in [-0.25, -0.2) is 5.06 Å². The highest BCUT2D eigenvalue weighted by molar-refractivity contribution is 5.75. The Bertz CT molecular complexity index is 352. The van der Waals surface area contributed by atoms with Crippen LogP contribution in [0, 0.1) is 0 Å². The number of amides is 1. The van der Waals surface area contributed by atoms with Crippen molar-refractivity contribution in [2.45, 2.75) is 12.8 Å². The molecule has 0 N–H and O–H groups in total. The lowest BCUT2D eigenvalue weighted by Crippen LogP contribution is -2.25. The van der Waals surface area contributed by atoms with Gasteiger partial charge in [0.25, 0.3) is 0 Å². The molecular formula is C12H17NO3. The molecule has 0 heterocycles. The summed E-state index contributed by atoms with van der Waals surface area (Å²) in [6.45, 7) is 0. The molecule has 0 unspecified atom stereocenters. The number of rotatable bonds is 5. The third-order valence-corrected chi connectivity index (χ3v) is 2.43. The summed E-state index contributed by atoms with van der Waals surface area (Å²) in [4.78, 5) is 16.3. The van der Waals surface area contributed by atoms with Crippen LogP contribution in [0.25, 0.3) is 0 Å². The maximum atomic E-state index is 11.5. The van der Waals surface area contributed by atoms with E-state index in [4.69, 9.17) is 9.57 Å². The third-order valence-electron chi connectivity index (χ3n) is 2.43.